The normalized spacial score (nSPS) is 11.5. The van der Waals surface area contributed by atoms with E-state index in [1.807, 2.05) is 30.0 Å². The van der Waals surface area contributed by atoms with Crippen LogP contribution in [0, 0.1) is 0 Å². The van der Waals surface area contributed by atoms with Crippen LogP contribution in [0.2, 0.25) is 0 Å². The number of thioether (sulfide) groups is 1. The lowest BCUT2D eigenvalue weighted by atomic mass is 10.3. The highest BCUT2D eigenvalue weighted by Crippen LogP contribution is 2.19. The summed E-state index contributed by atoms with van der Waals surface area (Å²) in [5.74, 6) is 1.86. The van der Waals surface area contributed by atoms with Gasteiger partial charge in [0.1, 0.15) is 5.52 Å². The molecule has 0 unspecified atom stereocenters. The Morgan fingerprint density at radius 1 is 1.47 bits per heavy atom. The van der Waals surface area contributed by atoms with Gasteiger partial charge >= 0.3 is 0 Å². The summed E-state index contributed by atoms with van der Waals surface area (Å²) in [6, 6.07) is 5.54. The van der Waals surface area contributed by atoms with Crippen LogP contribution in [0.15, 0.2) is 22.6 Å². The van der Waals surface area contributed by atoms with E-state index in [2.05, 4.69) is 23.2 Å². The second kappa shape index (κ2) is 5.42. The highest BCUT2D eigenvalue weighted by Gasteiger charge is 2.08. The minimum absolute atomic E-state index is 0.705. The first-order valence-electron chi connectivity index (χ1n) is 5.51. The number of nitrogens with zero attached hydrogens (tertiary/aromatic N) is 2. The molecule has 0 fully saturated rings. The lowest BCUT2D eigenvalue weighted by Crippen LogP contribution is -2.20. The predicted octanol–water partition coefficient (Wildman–Crippen LogP) is 2.20. The summed E-state index contributed by atoms with van der Waals surface area (Å²) in [6.07, 6.45) is 2.11. The number of fused-ring (bicyclic) bond motifs is 1. The number of benzene rings is 1. The van der Waals surface area contributed by atoms with Crippen molar-refractivity contribution in [1.29, 1.82) is 0 Å². The molecule has 0 atom stereocenters. The molecule has 92 valence electrons. The molecule has 0 aliphatic heterocycles. The van der Waals surface area contributed by atoms with E-state index in [0.717, 1.165) is 35.8 Å². The Morgan fingerprint density at radius 3 is 3.06 bits per heavy atom. The van der Waals surface area contributed by atoms with E-state index < -0.39 is 0 Å². The largest absolute Gasteiger partial charge is 0.439 e. The van der Waals surface area contributed by atoms with Crippen LogP contribution in [0.4, 0.5) is 5.69 Å². The molecule has 2 N–H and O–H groups in total. The second-order valence-electron chi connectivity index (χ2n) is 4.07. The van der Waals surface area contributed by atoms with Crippen LogP contribution in [-0.2, 0) is 6.54 Å². The minimum atomic E-state index is 0.705. The van der Waals surface area contributed by atoms with E-state index in [9.17, 15) is 0 Å². The van der Waals surface area contributed by atoms with Crippen molar-refractivity contribution >= 4 is 28.5 Å². The van der Waals surface area contributed by atoms with Crippen molar-refractivity contribution in [1.82, 2.24) is 9.88 Å². The Morgan fingerprint density at radius 2 is 2.29 bits per heavy atom. The summed E-state index contributed by atoms with van der Waals surface area (Å²) in [6.45, 7) is 1.76. The van der Waals surface area contributed by atoms with Crippen molar-refractivity contribution in [2.24, 2.45) is 0 Å². The van der Waals surface area contributed by atoms with Gasteiger partial charge in [0, 0.05) is 24.1 Å². The van der Waals surface area contributed by atoms with Gasteiger partial charge in [-0.2, -0.15) is 11.8 Å². The van der Waals surface area contributed by atoms with Crippen LogP contribution >= 0.6 is 11.8 Å². The average Bonchev–Trinajstić information content (AvgIpc) is 2.67. The maximum absolute atomic E-state index is 5.70. The molecule has 1 aromatic heterocycles. The van der Waals surface area contributed by atoms with Gasteiger partial charge in [0.05, 0.1) is 6.54 Å². The third-order valence-corrected chi connectivity index (χ3v) is 3.13. The van der Waals surface area contributed by atoms with Crippen LogP contribution < -0.4 is 5.73 Å². The molecule has 0 saturated heterocycles. The Kier molecular flexibility index (Phi) is 3.91. The van der Waals surface area contributed by atoms with Crippen LogP contribution in [0.25, 0.3) is 11.1 Å². The van der Waals surface area contributed by atoms with Gasteiger partial charge in [-0.05, 0) is 25.4 Å². The van der Waals surface area contributed by atoms with Gasteiger partial charge in [-0.3, -0.25) is 4.90 Å². The van der Waals surface area contributed by atoms with E-state index in [1.165, 1.54) is 0 Å². The summed E-state index contributed by atoms with van der Waals surface area (Å²) < 4.78 is 5.66. The van der Waals surface area contributed by atoms with Gasteiger partial charge in [0.2, 0.25) is 5.89 Å². The van der Waals surface area contributed by atoms with Crippen LogP contribution in [0.1, 0.15) is 5.89 Å². The van der Waals surface area contributed by atoms with Gasteiger partial charge in [-0.15, -0.1) is 0 Å². The molecule has 2 rings (SSSR count). The standard InChI is InChI=1S/C12H17N3OS/c1-15(5-6-17-2)8-12-14-10-4-3-9(13)7-11(10)16-12/h3-4,7H,5-6,8,13H2,1-2H3. The predicted molar refractivity (Wildman–Crippen MR) is 73.1 cm³/mol. The van der Waals surface area contributed by atoms with E-state index in [4.69, 9.17) is 10.2 Å². The lowest BCUT2D eigenvalue weighted by Gasteiger charge is -2.12. The molecule has 1 heterocycles. The highest BCUT2D eigenvalue weighted by atomic mass is 32.2. The first-order chi connectivity index (χ1) is 8.19. The first-order valence-corrected chi connectivity index (χ1v) is 6.91. The van der Waals surface area contributed by atoms with Crippen molar-refractivity contribution in [3.8, 4) is 0 Å². The van der Waals surface area contributed by atoms with E-state index in [-0.39, 0.29) is 0 Å². The summed E-state index contributed by atoms with van der Waals surface area (Å²) in [4.78, 5) is 6.63. The maximum Gasteiger partial charge on any atom is 0.209 e. The zero-order valence-corrected chi connectivity index (χ0v) is 11.0. The molecule has 0 spiro atoms. The number of hydrogen-bond donors (Lipinski definition) is 1. The first kappa shape index (κ1) is 12.3. The van der Waals surface area contributed by atoms with Crippen molar-refractivity contribution in [2.45, 2.75) is 6.54 Å². The van der Waals surface area contributed by atoms with Crippen LogP contribution in [-0.4, -0.2) is 35.5 Å². The zero-order valence-electron chi connectivity index (χ0n) is 10.1. The van der Waals surface area contributed by atoms with Crippen molar-refractivity contribution < 1.29 is 4.42 Å². The minimum Gasteiger partial charge on any atom is -0.439 e. The molecule has 0 radical (unpaired) electrons. The van der Waals surface area contributed by atoms with Crippen molar-refractivity contribution in [3.05, 3.63) is 24.1 Å². The number of oxazole rings is 1. The number of nitrogen functional groups attached to an aromatic ring is 1. The molecule has 0 aliphatic carbocycles. The summed E-state index contributed by atoms with van der Waals surface area (Å²) >= 11 is 1.84. The van der Waals surface area contributed by atoms with Crippen LogP contribution in [0.3, 0.4) is 0 Å². The summed E-state index contributed by atoms with van der Waals surface area (Å²) in [5.41, 5.74) is 8.03. The van der Waals surface area contributed by atoms with Gasteiger partial charge in [-0.25, -0.2) is 4.98 Å². The molecule has 17 heavy (non-hydrogen) atoms. The summed E-state index contributed by atoms with van der Waals surface area (Å²) in [7, 11) is 2.07. The molecule has 0 bridgehead atoms. The SMILES string of the molecule is CSCCN(C)Cc1nc2ccc(N)cc2o1. The Labute approximate surface area is 105 Å². The van der Waals surface area contributed by atoms with Crippen LogP contribution in [0.5, 0.6) is 0 Å². The molecule has 0 aliphatic rings. The highest BCUT2D eigenvalue weighted by molar-refractivity contribution is 7.98. The fourth-order valence-corrected chi connectivity index (χ4v) is 2.11. The number of nitrogens with two attached hydrogens (primary N) is 1. The number of anilines is 1. The fraction of sp³-hybridized carbons (Fsp3) is 0.417. The monoisotopic (exact) mass is 251 g/mol. The van der Waals surface area contributed by atoms with Gasteiger partial charge < -0.3 is 10.2 Å². The van der Waals surface area contributed by atoms with E-state index in [0.29, 0.717) is 5.69 Å². The smallest absolute Gasteiger partial charge is 0.209 e. The summed E-state index contributed by atoms with van der Waals surface area (Å²) in [5, 5.41) is 0. The number of aromatic nitrogens is 1. The molecule has 1 aromatic carbocycles. The maximum atomic E-state index is 5.70. The van der Waals surface area contributed by atoms with E-state index in [1.54, 1.807) is 0 Å². The average molecular weight is 251 g/mol. The molecular weight excluding hydrogens is 234 g/mol. The molecule has 4 nitrogen and oxygen atoms in total. The molecule has 5 heteroatoms. The topological polar surface area (TPSA) is 55.3 Å². The third kappa shape index (κ3) is 3.14. The Bertz CT molecular complexity index is 497. The second-order valence-corrected chi connectivity index (χ2v) is 5.05. The Hall–Kier alpha value is -1.20. The number of rotatable bonds is 5. The number of hydrogen-bond acceptors (Lipinski definition) is 5. The zero-order chi connectivity index (χ0) is 12.3. The van der Waals surface area contributed by atoms with Gasteiger partial charge in [0.25, 0.3) is 0 Å². The van der Waals surface area contributed by atoms with E-state index >= 15 is 0 Å². The van der Waals surface area contributed by atoms with Crippen molar-refractivity contribution in [3.63, 3.8) is 0 Å². The Balaban J connectivity index is 2.08. The van der Waals surface area contributed by atoms with Gasteiger partial charge in [-0.1, -0.05) is 0 Å². The fourth-order valence-electron chi connectivity index (χ4n) is 1.61. The van der Waals surface area contributed by atoms with Crippen molar-refractivity contribution in [2.75, 3.05) is 31.3 Å². The molecule has 2 aromatic rings. The third-order valence-electron chi connectivity index (χ3n) is 2.54. The lowest BCUT2D eigenvalue weighted by molar-refractivity contribution is 0.309. The molecular formula is C12H17N3OS. The quantitative estimate of drug-likeness (QED) is 0.826. The van der Waals surface area contributed by atoms with Gasteiger partial charge in [0.15, 0.2) is 5.58 Å². The molecule has 0 amide bonds. The molecule has 0 saturated carbocycles.